The molecule has 4 heterocycles. The Morgan fingerprint density at radius 3 is 2.58 bits per heavy atom. The van der Waals surface area contributed by atoms with Gasteiger partial charge in [-0.25, -0.2) is 18.4 Å². The molecule has 2 saturated heterocycles. The number of hydrogen-bond acceptors (Lipinski definition) is 8. The van der Waals surface area contributed by atoms with E-state index >= 15 is 0 Å². The zero-order valence-corrected chi connectivity index (χ0v) is 20.6. The number of nitriles is 1. The van der Waals surface area contributed by atoms with E-state index in [0.717, 1.165) is 30.8 Å². The molecule has 2 aromatic heterocycles. The number of amides is 1. The van der Waals surface area contributed by atoms with Gasteiger partial charge in [0.15, 0.2) is 0 Å². The molecular formula is C24H26N8O3S. The molecule has 5 rings (SSSR count). The van der Waals surface area contributed by atoms with Gasteiger partial charge in [-0.05, 0) is 43.7 Å². The fourth-order valence-corrected chi connectivity index (χ4v) is 5.53. The number of anilines is 2. The number of nitrogens with one attached hydrogen (secondary N) is 1. The minimum Gasteiger partial charge on any atom is -0.339 e. The van der Waals surface area contributed by atoms with Crippen LogP contribution in [0.3, 0.4) is 0 Å². The van der Waals surface area contributed by atoms with Crippen molar-refractivity contribution in [3.05, 3.63) is 54.5 Å². The van der Waals surface area contributed by atoms with E-state index in [9.17, 15) is 18.5 Å². The highest BCUT2D eigenvalue weighted by molar-refractivity contribution is 7.89. The number of likely N-dealkylation sites (tertiary alicyclic amines) is 1. The van der Waals surface area contributed by atoms with Gasteiger partial charge >= 0.3 is 0 Å². The third-order valence-corrected chi connectivity index (χ3v) is 8.43. The molecule has 0 aliphatic carbocycles. The molecule has 3 aromatic rings. The van der Waals surface area contributed by atoms with Crippen LogP contribution < -0.4 is 5.32 Å². The lowest BCUT2D eigenvalue weighted by Crippen LogP contribution is -2.64. The van der Waals surface area contributed by atoms with E-state index in [4.69, 9.17) is 0 Å². The van der Waals surface area contributed by atoms with E-state index < -0.39 is 15.6 Å². The van der Waals surface area contributed by atoms with Gasteiger partial charge in [-0.3, -0.25) is 9.48 Å². The molecular weight excluding hydrogens is 480 g/mol. The van der Waals surface area contributed by atoms with E-state index in [1.165, 1.54) is 4.31 Å². The van der Waals surface area contributed by atoms with Crippen molar-refractivity contribution >= 4 is 27.6 Å². The molecule has 1 amide bonds. The van der Waals surface area contributed by atoms with Crippen LogP contribution in [0.4, 0.5) is 11.6 Å². The Labute approximate surface area is 209 Å². The summed E-state index contributed by atoms with van der Waals surface area (Å²) in [5, 5.41) is 17.0. The summed E-state index contributed by atoms with van der Waals surface area (Å²) in [7, 11) is -3.32. The predicted molar refractivity (Wildman–Crippen MR) is 133 cm³/mol. The lowest BCUT2D eigenvalue weighted by atomic mass is 9.89. The maximum absolute atomic E-state index is 12.3. The van der Waals surface area contributed by atoms with Gasteiger partial charge in [-0.1, -0.05) is 0 Å². The van der Waals surface area contributed by atoms with Crippen LogP contribution in [0.25, 0.3) is 11.3 Å². The van der Waals surface area contributed by atoms with Gasteiger partial charge in [0.1, 0.15) is 5.54 Å². The maximum atomic E-state index is 12.3. The Kier molecular flexibility index (Phi) is 6.19. The van der Waals surface area contributed by atoms with Crippen LogP contribution in [-0.4, -0.2) is 75.2 Å². The van der Waals surface area contributed by atoms with Crippen LogP contribution in [0.15, 0.2) is 48.9 Å². The first-order valence-corrected chi connectivity index (χ1v) is 13.3. The van der Waals surface area contributed by atoms with Gasteiger partial charge in [0, 0.05) is 55.4 Å². The topological polar surface area (TPSA) is 137 Å². The van der Waals surface area contributed by atoms with Gasteiger partial charge < -0.3 is 10.2 Å². The second-order valence-corrected chi connectivity index (χ2v) is 11.3. The largest absolute Gasteiger partial charge is 0.339 e. The van der Waals surface area contributed by atoms with Crippen molar-refractivity contribution in [1.82, 2.24) is 29.0 Å². The SMILES string of the molecule is CCS(=O)(=O)N1CC(CC#N)(n2cc(-c3ccnc(Nc4ccc(C(=O)N5CCC5)cc4)n3)cn2)C1. The molecule has 12 heteroatoms. The van der Waals surface area contributed by atoms with Crippen molar-refractivity contribution in [2.45, 2.75) is 25.3 Å². The van der Waals surface area contributed by atoms with E-state index in [1.54, 1.807) is 48.4 Å². The third kappa shape index (κ3) is 4.43. The van der Waals surface area contributed by atoms with Crippen molar-refractivity contribution in [1.29, 1.82) is 5.26 Å². The van der Waals surface area contributed by atoms with Crippen LogP contribution in [0.5, 0.6) is 0 Å². The number of hydrogen-bond donors (Lipinski definition) is 1. The number of nitrogens with zero attached hydrogens (tertiary/aromatic N) is 7. The number of benzene rings is 1. The summed E-state index contributed by atoms with van der Waals surface area (Å²) in [6, 6.07) is 11.1. The number of rotatable bonds is 8. The first kappa shape index (κ1) is 23.9. The Bertz CT molecular complexity index is 1420. The molecule has 0 unspecified atom stereocenters. The molecule has 2 fully saturated rings. The molecule has 1 N–H and O–H groups in total. The third-order valence-electron chi connectivity index (χ3n) is 6.66. The molecule has 11 nitrogen and oxygen atoms in total. The van der Waals surface area contributed by atoms with Crippen molar-refractivity contribution in [3.63, 3.8) is 0 Å². The lowest BCUT2D eigenvalue weighted by Gasteiger charge is -2.47. The second-order valence-electron chi connectivity index (χ2n) is 9.02. The summed E-state index contributed by atoms with van der Waals surface area (Å²) < 4.78 is 27.4. The average Bonchev–Trinajstić information content (AvgIpc) is 3.31. The Morgan fingerprint density at radius 1 is 1.19 bits per heavy atom. The normalized spacial score (nSPS) is 17.1. The Hall–Kier alpha value is -3.82. The summed E-state index contributed by atoms with van der Waals surface area (Å²) >= 11 is 0. The molecule has 0 saturated carbocycles. The number of sulfonamides is 1. The highest BCUT2D eigenvalue weighted by Crippen LogP contribution is 2.35. The van der Waals surface area contributed by atoms with Gasteiger partial charge in [-0.2, -0.15) is 14.7 Å². The predicted octanol–water partition coefficient (Wildman–Crippen LogP) is 2.20. The Morgan fingerprint density at radius 2 is 1.94 bits per heavy atom. The number of carbonyl (C=O) groups excluding carboxylic acids is 1. The summed E-state index contributed by atoms with van der Waals surface area (Å²) in [5.41, 5.74) is 2.06. The highest BCUT2D eigenvalue weighted by Gasteiger charge is 2.49. The standard InChI is InChI=1S/C24H26N8O3S/c1-2-36(34,35)31-16-24(17-31,9-10-25)32-15-19(14-27-32)21-8-11-26-23(29-21)28-20-6-4-18(5-7-20)22(33)30-12-3-13-30/h4-8,11,14-15H,2-3,9,12-13,16-17H2,1H3,(H,26,28,29). The van der Waals surface area contributed by atoms with E-state index in [0.29, 0.717) is 17.2 Å². The van der Waals surface area contributed by atoms with E-state index in [1.807, 2.05) is 17.0 Å². The van der Waals surface area contributed by atoms with Crippen molar-refractivity contribution < 1.29 is 13.2 Å². The molecule has 0 spiro atoms. The molecule has 0 atom stereocenters. The van der Waals surface area contributed by atoms with Crippen molar-refractivity contribution in [3.8, 4) is 17.3 Å². The smallest absolute Gasteiger partial charge is 0.253 e. The zero-order valence-electron chi connectivity index (χ0n) is 19.8. The fourth-order valence-electron chi connectivity index (χ4n) is 4.30. The molecule has 2 aliphatic heterocycles. The van der Waals surface area contributed by atoms with Gasteiger partial charge in [0.05, 0.1) is 30.1 Å². The Balaban J connectivity index is 1.30. The van der Waals surface area contributed by atoms with Crippen LogP contribution in [0.1, 0.15) is 30.1 Å². The molecule has 36 heavy (non-hydrogen) atoms. The van der Waals surface area contributed by atoms with Crippen molar-refractivity contribution in [2.75, 3.05) is 37.2 Å². The zero-order chi connectivity index (χ0) is 25.3. The average molecular weight is 507 g/mol. The summed E-state index contributed by atoms with van der Waals surface area (Å²) in [6.07, 6.45) is 6.27. The monoisotopic (exact) mass is 506 g/mol. The lowest BCUT2D eigenvalue weighted by molar-refractivity contribution is 0.0652. The van der Waals surface area contributed by atoms with Gasteiger partial charge in [0.25, 0.3) is 5.91 Å². The second kappa shape index (κ2) is 9.33. The number of carbonyl (C=O) groups is 1. The molecule has 0 radical (unpaired) electrons. The van der Waals surface area contributed by atoms with E-state index in [2.05, 4.69) is 26.5 Å². The van der Waals surface area contributed by atoms with E-state index in [-0.39, 0.29) is 31.2 Å². The first-order valence-electron chi connectivity index (χ1n) is 11.7. The first-order chi connectivity index (χ1) is 17.3. The molecule has 0 bridgehead atoms. The van der Waals surface area contributed by atoms with Gasteiger partial charge in [-0.15, -0.1) is 0 Å². The minimum absolute atomic E-state index is 0.0220. The van der Waals surface area contributed by atoms with Crippen LogP contribution >= 0.6 is 0 Å². The van der Waals surface area contributed by atoms with Crippen molar-refractivity contribution in [2.24, 2.45) is 0 Å². The quantitative estimate of drug-likeness (QED) is 0.491. The molecule has 1 aromatic carbocycles. The summed E-state index contributed by atoms with van der Waals surface area (Å²) in [5.74, 6) is 0.450. The number of aromatic nitrogens is 4. The van der Waals surface area contributed by atoms with Gasteiger partial charge in [0.2, 0.25) is 16.0 Å². The summed E-state index contributed by atoms with van der Waals surface area (Å²) in [6.45, 7) is 3.65. The molecule has 2 aliphatic rings. The van der Waals surface area contributed by atoms with Crippen LogP contribution in [0.2, 0.25) is 0 Å². The maximum Gasteiger partial charge on any atom is 0.253 e. The molecule has 186 valence electrons. The van der Waals surface area contributed by atoms with Crippen LogP contribution in [-0.2, 0) is 15.6 Å². The highest BCUT2D eigenvalue weighted by atomic mass is 32.2. The summed E-state index contributed by atoms with van der Waals surface area (Å²) in [4.78, 5) is 23.0. The fraction of sp³-hybridized carbons (Fsp3) is 0.375. The van der Waals surface area contributed by atoms with Crippen LogP contribution in [0, 0.1) is 11.3 Å². The minimum atomic E-state index is -3.32.